The first-order chi connectivity index (χ1) is 13.3. The third-order valence-corrected chi connectivity index (χ3v) is 5.60. The summed E-state index contributed by atoms with van der Waals surface area (Å²) in [4.78, 5) is 5.01. The Bertz CT molecular complexity index is 726. The minimum atomic E-state index is 0.195. The minimum absolute atomic E-state index is 0.195. The van der Waals surface area contributed by atoms with Crippen molar-refractivity contribution in [3.63, 3.8) is 0 Å². The van der Waals surface area contributed by atoms with E-state index < -0.39 is 0 Å². The van der Waals surface area contributed by atoms with Gasteiger partial charge in [0.05, 0.1) is 26.8 Å². The number of anilines is 1. The van der Waals surface area contributed by atoms with Crippen LogP contribution >= 0.6 is 0 Å². The molecule has 0 aromatic heterocycles. The minimum Gasteiger partial charge on any atom is -0.497 e. The average molecular weight is 368 g/mol. The van der Waals surface area contributed by atoms with Gasteiger partial charge in [0, 0.05) is 12.2 Å². The number of nitrogens with zero attached hydrogens (tertiary/aromatic N) is 2. The molecule has 2 aliphatic rings. The molecule has 2 aromatic rings. The second-order valence-electron chi connectivity index (χ2n) is 7.26. The molecule has 0 amide bonds. The molecule has 2 aliphatic heterocycles. The Balaban J connectivity index is 1.46. The van der Waals surface area contributed by atoms with E-state index in [0.29, 0.717) is 6.04 Å². The highest BCUT2D eigenvalue weighted by Gasteiger charge is 2.42. The monoisotopic (exact) mass is 368 g/mol. The van der Waals surface area contributed by atoms with Gasteiger partial charge < -0.3 is 24.0 Å². The lowest BCUT2D eigenvalue weighted by Gasteiger charge is -2.50. The molecule has 0 saturated carbocycles. The van der Waals surface area contributed by atoms with E-state index in [2.05, 4.69) is 21.9 Å². The summed E-state index contributed by atoms with van der Waals surface area (Å²) in [6, 6.07) is 16.6. The average Bonchev–Trinajstić information content (AvgIpc) is 3.23. The first-order valence-corrected chi connectivity index (χ1v) is 9.70. The van der Waals surface area contributed by atoms with Gasteiger partial charge in [-0.1, -0.05) is 0 Å². The molecule has 27 heavy (non-hydrogen) atoms. The van der Waals surface area contributed by atoms with Crippen LogP contribution in [0.3, 0.4) is 0 Å². The van der Waals surface area contributed by atoms with E-state index >= 15 is 0 Å². The maximum absolute atomic E-state index is 6.32. The van der Waals surface area contributed by atoms with E-state index in [0.717, 1.165) is 30.3 Å². The van der Waals surface area contributed by atoms with Gasteiger partial charge in [-0.05, 0) is 74.5 Å². The summed E-state index contributed by atoms with van der Waals surface area (Å²) in [6.07, 6.45) is 2.81. The van der Waals surface area contributed by atoms with Crippen molar-refractivity contribution in [2.75, 3.05) is 45.3 Å². The summed E-state index contributed by atoms with van der Waals surface area (Å²) in [5.41, 5.74) is 1.23. The van der Waals surface area contributed by atoms with E-state index in [1.54, 1.807) is 14.2 Å². The summed E-state index contributed by atoms with van der Waals surface area (Å²) in [5.74, 6) is 2.65. The molecule has 4 rings (SSSR count). The van der Waals surface area contributed by atoms with Crippen LogP contribution in [0.25, 0.3) is 0 Å². The highest BCUT2D eigenvalue weighted by Crippen LogP contribution is 2.32. The molecule has 2 fully saturated rings. The Morgan fingerprint density at radius 1 is 0.815 bits per heavy atom. The van der Waals surface area contributed by atoms with Crippen LogP contribution in [0.15, 0.2) is 48.5 Å². The van der Waals surface area contributed by atoms with Crippen molar-refractivity contribution in [3.05, 3.63) is 48.5 Å². The van der Waals surface area contributed by atoms with Gasteiger partial charge in [-0.3, -0.25) is 0 Å². The van der Waals surface area contributed by atoms with Gasteiger partial charge in [0.25, 0.3) is 0 Å². The summed E-state index contributed by atoms with van der Waals surface area (Å²) >= 11 is 0. The van der Waals surface area contributed by atoms with Crippen molar-refractivity contribution in [2.45, 2.75) is 25.0 Å². The molecular weight excluding hydrogens is 340 g/mol. The number of methoxy groups -OCH3 is 2. The van der Waals surface area contributed by atoms with E-state index in [1.807, 2.05) is 36.4 Å². The van der Waals surface area contributed by atoms with Crippen molar-refractivity contribution in [1.29, 1.82) is 0 Å². The molecule has 0 N–H and O–H groups in total. The fraction of sp³-hybridized carbons (Fsp3) is 0.455. The van der Waals surface area contributed by atoms with Crippen LogP contribution in [0, 0.1) is 0 Å². The molecule has 144 valence electrons. The molecule has 0 aliphatic carbocycles. The third kappa shape index (κ3) is 3.98. The number of hydrogen-bond donors (Lipinski definition) is 0. The van der Waals surface area contributed by atoms with E-state index in [4.69, 9.17) is 14.2 Å². The zero-order chi connectivity index (χ0) is 18.6. The molecular formula is C22H28N2O3. The van der Waals surface area contributed by atoms with Crippen LogP contribution < -0.4 is 19.1 Å². The number of likely N-dealkylation sites (tertiary alicyclic amines) is 1. The van der Waals surface area contributed by atoms with Gasteiger partial charge in [-0.15, -0.1) is 0 Å². The Morgan fingerprint density at radius 3 is 1.96 bits per heavy atom. The van der Waals surface area contributed by atoms with Crippen LogP contribution in [0.5, 0.6) is 17.2 Å². The molecule has 5 nitrogen and oxygen atoms in total. The first-order valence-electron chi connectivity index (χ1n) is 9.70. The second-order valence-corrected chi connectivity index (χ2v) is 7.26. The van der Waals surface area contributed by atoms with Gasteiger partial charge in [-0.25, -0.2) is 0 Å². The quantitative estimate of drug-likeness (QED) is 0.748. The molecule has 0 unspecified atom stereocenters. The summed E-state index contributed by atoms with van der Waals surface area (Å²) < 4.78 is 16.9. The standard InChI is InChI=1S/C22H28N2O3/c1-25-18-7-5-17(6-8-18)24-16-22(21(24)15-23-13-3-4-14-23)27-20-11-9-19(26-2)10-12-20/h5-12,21-22H,3-4,13-16H2,1-2H3/t21-,22-/m1/s1. The fourth-order valence-electron chi connectivity index (χ4n) is 3.97. The van der Waals surface area contributed by atoms with Crippen LogP contribution in [0.1, 0.15) is 12.8 Å². The van der Waals surface area contributed by atoms with Crippen LogP contribution in [-0.4, -0.2) is 57.4 Å². The largest absolute Gasteiger partial charge is 0.497 e. The lowest BCUT2D eigenvalue weighted by atomic mass is 9.97. The Kier molecular flexibility index (Phi) is 5.39. The fourth-order valence-corrected chi connectivity index (χ4v) is 3.97. The van der Waals surface area contributed by atoms with Gasteiger partial charge in [0.15, 0.2) is 0 Å². The SMILES string of the molecule is COc1ccc(O[C@@H]2CN(c3ccc(OC)cc3)[C@@H]2CN2CCCC2)cc1. The van der Waals surface area contributed by atoms with E-state index in [9.17, 15) is 0 Å². The van der Waals surface area contributed by atoms with E-state index in [1.165, 1.54) is 31.6 Å². The Labute approximate surface area is 161 Å². The van der Waals surface area contributed by atoms with Gasteiger partial charge in [0.1, 0.15) is 23.4 Å². The summed E-state index contributed by atoms with van der Waals surface area (Å²) in [5, 5.41) is 0. The lowest BCUT2D eigenvalue weighted by molar-refractivity contribution is 0.0938. The molecule has 0 radical (unpaired) electrons. The lowest BCUT2D eigenvalue weighted by Crippen LogP contribution is -2.66. The number of rotatable bonds is 7. The van der Waals surface area contributed by atoms with Crippen molar-refractivity contribution >= 4 is 5.69 Å². The molecule has 2 saturated heterocycles. The molecule has 0 bridgehead atoms. The molecule has 2 aromatic carbocycles. The normalized spacial score (nSPS) is 22.4. The predicted molar refractivity (Wildman–Crippen MR) is 107 cm³/mol. The van der Waals surface area contributed by atoms with Crippen LogP contribution in [-0.2, 0) is 0 Å². The third-order valence-electron chi connectivity index (χ3n) is 5.60. The maximum Gasteiger partial charge on any atom is 0.138 e. The summed E-state index contributed by atoms with van der Waals surface area (Å²) in [6.45, 7) is 4.34. The number of ether oxygens (including phenoxy) is 3. The topological polar surface area (TPSA) is 34.2 Å². The maximum atomic E-state index is 6.32. The van der Waals surface area contributed by atoms with Crippen LogP contribution in [0.2, 0.25) is 0 Å². The molecule has 0 spiro atoms. The summed E-state index contributed by atoms with van der Waals surface area (Å²) in [7, 11) is 3.38. The number of benzene rings is 2. The van der Waals surface area contributed by atoms with Crippen molar-refractivity contribution in [3.8, 4) is 17.2 Å². The molecule has 2 atom stereocenters. The van der Waals surface area contributed by atoms with Gasteiger partial charge >= 0.3 is 0 Å². The van der Waals surface area contributed by atoms with Gasteiger partial charge in [-0.2, -0.15) is 0 Å². The van der Waals surface area contributed by atoms with Gasteiger partial charge in [0.2, 0.25) is 0 Å². The molecule has 2 heterocycles. The smallest absolute Gasteiger partial charge is 0.138 e. The van der Waals surface area contributed by atoms with Crippen LogP contribution in [0.4, 0.5) is 5.69 Å². The van der Waals surface area contributed by atoms with Crippen molar-refractivity contribution < 1.29 is 14.2 Å². The first kappa shape index (κ1) is 18.0. The predicted octanol–water partition coefficient (Wildman–Crippen LogP) is 3.44. The number of hydrogen-bond acceptors (Lipinski definition) is 5. The second kappa shape index (κ2) is 8.09. The van der Waals surface area contributed by atoms with Crippen molar-refractivity contribution in [1.82, 2.24) is 4.90 Å². The Morgan fingerprint density at radius 2 is 1.37 bits per heavy atom. The Hall–Kier alpha value is -2.40. The zero-order valence-corrected chi connectivity index (χ0v) is 16.1. The zero-order valence-electron chi connectivity index (χ0n) is 16.1. The van der Waals surface area contributed by atoms with Crippen molar-refractivity contribution in [2.24, 2.45) is 0 Å². The van der Waals surface area contributed by atoms with E-state index in [-0.39, 0.29) is 6.10 Å². The highest BCUT2D eigenvalue weighted by atomic mass is 16.5. The molecule has 5 heteroatoms. The highest BCUT2D eigenvalue weighted by molar-refractivity contribution is 5.53.